The van der Waals surface area contributed by atoms with Crippen LogP contribution in [0, 0.1) is 0 Å². The van der Waals surface area contributed by atoms with Gasteiger partial charge in [0.2, 0.25) is 5.82 Å². The van der Waals surface area contributed by atoms with Gasteiger partial charge in [0, 0.05) is 51.0 Å². The number of hydrogen-bond donors (Lipinski definition) is 0. The van der Waals surface area contributed by atoms with E-state index in [-0.39, 0.29) is 11.8 Å². The fourth-order valence-electron chi connectivity index (χ4n) is 4.08. The molecule has 0 unspecified atom stereocenters. The summed E-state index contributed by atoms with van der Waals surface area (Å²) in [5.74, 6) is 1.27. The van der Waals surface area contributed by atoms with Gasteiger partial charge in [-0.15, -0.1) is 0 Å². The summed E-state index contributed by atoms with van der Waals surface area (Å²) in [7, 11) is 0. The molecular formula is C21H30N6O2. The summed E-state index contributed by atoms with van der Waals surface area (Å²) in [6.45, 7) is 8.49. The van der Waals surface area contributed by atoms with E-state index in [2.05, 4.69) is 31.8 Å². The summed E-state index contributed by atoms with van der Waals surface area (Å²) >= 11 is 0. The van der Waals surface area contributed by atoms with Crippen molar-refractivity contribution in [3.05, 3.63) is 24.2 Å². The molecule has 8 heteroatoms. The van der Waals surface area contributed by atoms with Crippen LogP contribution in [0.2, 0.25) is 0 Å². The van der Waals surface area contributed by atoms with E-state index >= 15 is 0 Å². The molecule has 0 radical (unpaired) electrons. The maximum Gasteiger partial charge on any atom is 0.316 e. The normalized spacial score (nSPS) is 18.7. The summed E-state index contributed by atoms with van der Waals surface area (Å²) in [6.07, 6.45) is 7.85. The summed E-state index contributed by atoms with van der Waals surface area (Å²) < 4.78 is 5.31. The zero-order valence-corrected chi connectivity index (χ0v) is 17.2. The number of pyridine rings is 1. The van der Waals surface area contributed by atoms with Gasteiger partial charge in [0.25, 0.3) is 0 Å². The molecule has 2 aromatic heterocycles. The Morgan fingerprint density at radius 3 is 2.55 bits per heavy atom. The first-order valence-corrected chi connectivity index (χ1v) is 10.8. The minimum Gasteiger partial charge on any atom is -0.357 e. The lowest BCUT2D eigenvalue weighted by atomic mass is 10.2. The third-order valence-electron chi connectivity index (χ3n) is 5.74. The minimum atomic E-state index is -0.179. The van der Waals surface area contributed by atoms with Crippen LogP contribution < -0.4 is 4.90 Å². The van der Waals surface area contributed by atoms with Crippen LogP contribution in [0.15, 0.2) is 22.9 Å². The Hall–Kier alpha value is -2.48. The molecule has 2 aromatic rings. The molecule has 29 heavy (non-hydrogen) atoms. The molecule has 0 aliphatic carbocycles. The molecule has 0 atom stereocenters. The highest BCUT2D eigenvalue weighted by Gasteiger charge is 2.26. The van der Waals surface area contributed by atoms with Crippen molar-refractivity contribution in [1.82, 2.24) is 24.9 Å². The largest absolute Gasteiger partial charge is 0.357 e. The lowest BCUT2D eigenvalue weighted by Gasteiger charge is -2.33. The van der Waals surface area contributed by atoms with Crippen molar-refractivity contribution in [1.29, 1.82) is 0 Å². The van der Waals surface area contributed by atoms with Gasteiger partial charge < -0.3 is 14.3 Å². The van der Waals surface area contributed by atoms with E-state index < -0.39 is 0 Å². The molecule has 156 valence electrons. The van der Waals surface area contributed by atoms with Gasteiger partial charge >= 0.3 is 11.8 Å². The monoisotopic (exact) mass is 398 g/mol. The predicted octanol–water partition coefficient (Wildman–Crippen LogP) is 2.68. The highest BCUT2D eigenvalue weighted by molar-refractivity contribution is 5.90. The molecule has 2 fully saturated rings. The van der Waals surface area contributed by atoms with Crippen molar-refractivity contribution in [3.8, 4) is 11.4 Å². The number of carbonyl (C=O) groups is 1. The van der Waals surface area contributed by atoms with Crippen LogP contribution in [0.4, 0.5) is 5.82 Å². The standard InChI is InChI=1S/C21H30N6O2/c1-2-9-25-12-14-27(15-13-25)21(28)20-23-19(24-29-20)17-7-8-22-18(16-17)26-10-5-3-4-6-11-26/h7-8,16H,2-6,9-15H2,1H3. The maximum atomic E-state index is 12.8. The first kappa shape index (κ1) is 19.8. The van der Waals surface area contributed by atoms with Gasteiger partial charge in [0.15, 0.2) is 0 Å². The van der Waals surface area contributed by atoms with Gasteiger partial charge in [-0.05, 0) is 37.9 Å². The fraction of sp³-hybridized carbons (Fsp3) is 0.619. The second kappa shape index (κ2) is 9.35. The van der Waals surface area contributed by atoms with Gasteiger partial charge in [-0.1, -0.05) is 24.9 Å². The van der Waals surface area contributed by atoms with Crippen LogP contribution in [0.3, 0.4) is 0 Å². The van der Waals surface area contributed by atoms with Crippen molar-refractivity contribution < 1.29 is 9.32 Å². The Bertz CT molecular complexity index is 807. The van der Waals surface area contributed by atoms with Crippen molar-refractivity contribution in [2.24, 2.45) is 0 Å². The molecule has 2 aliphatic rings. The smallest absolute Gasteiger partial charge is 0.316 e. The van der Waals surface area contributed by atoms with Crippen molar-refractivity contribution in [2.75, 3.05) is 50.7 Å². The average Bonchev–Trinajstić information content (AvgIpc) is 3.10. The number of nitrogens with zero attached hydrogens (tertiary/aromatic N) is 6. The second-order valence-corrected chi connectivity index (χ2v) is 7.86. The van der Waals surface area contributed by atoms with E-state index in [1.165, 1.54) is 25.7 Å². The Balaban J connectivity index is 1.43. The minimum absolute atomic E-state index is 0.0667. The van der Waals surface area contributed by atoms with Gasteiger partial charge in [0.1, 0.15) is 5.82 Å². The lowest BCUT2D eigenvalue weighted by molar-refractivity contribution is 0.0589. The highest BCUT2D eigenvalue weighted by atomic mass is 16.5. The average molecular weight is 399 g/mol. The van der Waals surface area contributed by atoms with E-state index in [9.17, 15) is 4.79 Å². The van der Waals surface area contributed by atoms with Crippen LogP contribution in [0.1, 0.15) is 49.7 Å². The molecule has 0 spiro atoms. The highest BCUT2D eigenvalue weighted by Crippen LogP contribution is 2.23. The topological polar surface area (TPSA) is 78.6 Å². The number of anilines is 1. The van der Waals surface area contributed by atoms with Crippen LogP contribution in [-0.2, 0) is 0 Å². The SMILES string of the molecule is CCCN1CCN(C(=O)c2nc(-c3ccnc(N4CCCCCC4)c3)no2)CC1. The van der Waals surface area contributed by atoms with E-state index in [0.29, 0.717) is 18.9 Å². The number of amides is 1. The van der Waals surface area contributed by atoms with E-state index in [1.807, 2.05) is 12.1 Å². The number of hydrogen-bond acceptors (Lipinski definition) is 7. The van der Waals surface area contributed by atoms with Gasteiger partial charge in [0.05, 0.1) is 0 Å². The molecule has 2 saturated heterocycles. The first-order chi connectivity index (χ1) is 14.2. The molecule has 0 saturated carbocycles. The van der Waals surface area contributed by atoms with Crippen LogP contribution >= 0.6 is 0 Å². The van der Waals surface area contributed by atoms with Crippen molar-refractivity contribution in [3.63, 3.8) is 0 Å². The number of carbonyl (C=O) groups excluding carboxylic acids is 1. The molecule has 8 nitrogen and oxygen atoms in total. The van der Waals surface area contributed by atoms with E-state index in [4.69, 9.17) is 4.52 Å². The molecule has 2 aliphatic heterocycles. The number of rotatable bonds is 5. The third kappa shape index (κ3) is 4.75. The fourth-order valence-corrected chi connectivity index (χ4v) is 4.08. The van der Waals surface area contributed by atoms with Gasteiger partial charge in [-0.3, -0.25) is 9.69 Å². The van der Waals surface area contributed by atoms with Crippen molar-refractivity contribution in [2.45, 2.75) is 39.0 Å². The predicted molar refractivity (Wildman–Crippen MR) is 111 cm³/mol. The second-order valence-electron chi connectivity index (χ2n) is 7.86. The lowest BCUT2D eigenvalue weighted by Crippen LogP contribution is -2.48. The van der Waals surface area contributed by atoms with Gasteiger partial charge in [-0.2, -0.15) is 4.98 Å². The summed E-state index contributed by atoms with van der Waals surface area (Å²) in [6, 6.07) is 3.86. The Morgan fingerprint density at radius 1 is 1.07 bits per heavy atom. The van der Waals surface area contributed by atoms with Crippen LogP contribution in [0.5, 0.6) is 0 Å². The van der Waals surface area contributed by atoms with Crippen molar-refractivity contribution >= 4 is 11.7 Å². The zero-order valence-electron chi connectivity index (χ0n) is 17.2. The van der Waals surface area contributed by atoms with Crippen LogP contribution in [-0.4, -0.2) is 76.6 Å². The molecule has 4 heterocycles. The van der Waals surface area contributed by atoms with E-state index in [0.717, 1.165) is 50.5 Å². The zero-order chi connectivity index (χ0) is 20.1. The number of aromatic nitrogens is 3. The molecular weight excluding hydrogens is 368 g/mol. The number of piperazine rings is 1. The Kier molecular flexibility index (Phi) is 6.39. The molecule has 1 amide bonds. The summed E-state index contributed by atoms with van der Waals surface area (Å²) in [4.78, 5) is 28.2. The molecule has 0 bridgehead atoms. The summed E-state index contributed by atoms with van der Waals surface area (Å²) in [5.41, 5.74) is 0.829. The first-order valence-electron chi connectivity index (χ1n) is 10.8. The van der Waals surface area contributed by atoms with E-state index in [1.54, 1.807) is 11.1 Å². The van der Waals surface area contributed by atoms with Gasteiger partial charge in [-0.25, -0.2) is 4.98 Å². The Morgan fingerprint density at radius 2 is 1.83 bits per heavy atom. The maximum absolute atomic E-state index is 12.8. The molecule has 0 N–H and O–H groups in total. The molecule has 4 rings (SSSR count). The molecule has 0 aromatic carbocycles. The quantitative estimate of drug-likeness (QED) is 0.766. The summed E-state index contributed by atoms with van der Waals surface area (Å²) in [5, 5.41) is 4.06. The van der Waals surface area contributed by atoms with Crippen LogP contribution in [0.25, 0.3) is 11.4 Å². The third-order valence-corrected chi connectivity index (χ3v) is 5.74. The Labute approximate surface area is 171 Å².